The van der Waals surface area contributed by atoms with Crippen LogP contribution in [0.3, 0.4) is 0 Å². The Morgan fingerprint density at radius 1 is 1.36 bits per heavy atom. The number of nitrogens with one attached hydrogen (secondary N) is 1. The molecule has 0 saturated heterocycles. The van der Waals surface area contributed by atoms with Crippen LogP contribution in [0.4, 0.5) is 0 Å². The van der Waals surface area contributed by atoms with Crippen molar-refractivity contribution in [3.8, 4) is 0 Å². The first kappa shape index (κ1) is 11.0. The van der Waals surface area contributed by atoms with Gasteiger partial charge in [-0.2, -0.15) is 0 Å². The Bertz CT molecular complexity index is 253. The van der Waals surface area contributed by atoms with E-state index in [0.29, 0.717) is 6.04 Å². The van der Waals surface area contributed by atoms with Crippen LogP contribution in [0.2, 0.25) is 0 Å². The third-order valence-corrected chi connectivity index (χ3v) is 2.45. The van der Waals surface area contributed by atoms with Crippen LogP contribution < -0.4 is 5.32 Å². The second kappa shape index (κ2) is 6.39. The Hall–Kier alpha value is -1.08. The summed E-state index contributed by atoms with van der Waals surface area (Å²) in [6, 6.07) is 11.1. The van der Waals surface area contributed by atoms with Gasteiger partial charge in [-0.1, -0.05) is 36.4 Å². The van der Waals surface area contributed by atoms with Gasteiger partial charge in [0.2, 0.25) is 0 Å². The van der Waals surface area contributed by atoms with Crippen molar-refractivity contribution in [3.05, 3.63) is 48.6 Å². The molecule has 76 valence electrons. The highest BCUT2D eigenvalue weighted by Gasteiger charge is 2.06. The summed E-state index contributed by atoms with van der Waals surface area (Å²) in [7, 11) is 2.02. The molecule has 1 nitrogen and oxygen atoms in total. The maximum absolute atomic E-state index is 3.74. The molecule has 1 heteroatoms. The summed E-state index contributed by atoms with van der Waals surface area (Å²) < 4.78 is 0. The zero-order valence-corrected chi connectivity index (χ0v) is 8.87. The third-order valence-electron chi connectivity index (χ3n) is 2.45. The van der Waals surface area contributed by atoms with E-state index in [1.165, 1.54) is 18.4 Å². The van der Waals surface area contributed by atoms with Crippen LogP contribution in [0, 0.1) is 0 Å². The second-order valence-electron chi connectivity index (χ2n) is 3.47. The number of benzene rings is 1. The molecule has 0 aliphatic heterocycles. The van der Waals surface area contributed by atoms with E-state index in [1.807, 2.05) is 13.1 Å². The van der Waals surface area contributed by atoms with Crippen molar-refractivity contribution in [1.82, 2.24) is 5.32 Å². The number of rotatable bonds is 6. The van der Waals surface area contributed by atoms with E-state index in [0.717, 1.165) is 6.42 Å². The minimum absolute atomic E-state index is 0.483. The second-order valence-corrected chi connectivity index (χ2v) is 3.47. The van der Waals surface area contributed by atoms with E-state index in [1.54, 1.807) is 0 Å². The summed E-state index contributed by atoms with van der Waals surface area (Å²) in [5.74, 6) is 0. The van der Waals surface area contributed by atoms with Crippen LogP contribution in [0.5, 0.6) is 0 Å². The van der Waals surface area contributed by atoms with E-state index in [-0.39, 0.29) is 0 Å². The molecule has 1 aromatic carbocycles. The van der Waals surface area contributed by atoms with Gasteiger partial charge in [0.1, 0.15) is 0 Å². The zero-order valence-electron chi connectivity index (χ0n) is 8.87. The molecule has 1 aromatic rings. The summed E-state index contributed by atoms with van der Waals surface area (Å²) >= 11 is 0. The minimum atomic E-state index is 0.483. The predicted molar refractivity (Wildman–Crippen MR) is 62.3 cm³/mol. The van der Waals surface area contributed by atoms with Gasteiger partial charge in [0.05, 0.1) is 0 Å². The molecule has 14 heavy (non-hydrogen) atoms. The smallest absolute Gasteiger partial charge is 0.0317 e. The summed E-state index contributed by atoms with van der Waals surface area (Å²) in [5.41, 5.74) is 1.37. The Morgan fingerprint density at radius 2 is 2.07 bits per heavy atom. The molecular weight excluding hydrogens is 170 g/mol. The monoisotopic (exact) mass is 189 g/mol. The fourth-order valence-electron chi connectivity index (χ4n) is 1.63. The van der Waals surface area contributed by atoms with E-state index >= 15 is 0 Å². The fourth-order valence-corrected chi connectivity index (χ4v) is 1.63. The van der Waals surface area contributed by atoms with Crippen molar-refractivity contribution < 1.29 is 0 Å². The largest absolute Gasteiger partial charge is 0.313 e. The van der Waals surface area contributed by atoms with Crippen molar-refractivity contribution >= 4 is 0 Å². The summed E-state index contributed by atoms with van der Waals surface area (Å²) in [5, 5.41) is 3.34. The molecule has 0 radical (unpaired) electrons. The Labute approximate surface area is 86.8 Å². The Morgan fingerprint density at radius 3 is 2.64 bits per heavy atom. The van der Waals surface area contributed by atoms with Gasteiger partial charge >= 0.3 is 0 Å². The lowest BCUT2D eigenvalue weighted by Crippen LogP contribution is -2.15. The van der Waals surface area contributed by atoms with Gasteiger partial charge in [-0.05, 0) is 31.9 Å². The highest BCUT2D eigenvalue weighted by Crippen LogP contribution is 2.18. The van der Waals surface area contributed by atoms with E-state index in [4.69, 9.17) is 0 Å². The normalized spacial score (nSPS) is 12.4. The highest BCUT2D eigenvalue weighted by atomic mass is 14.9. The maximum Gasteiger partial charge on any atom is 0.0317 e. The molecule has 0 aromatic heterocycles. The maximum atomic E-state index is 3.74. The first-order chi connectivity index (χ1) is 6.88. The van der Waals surface area contributed by atoms with E-state index in [9.17, 15) is 0 Å². The standard InChI is InChI=1S/C13H19N/c1-3-4-6-11-13(14-2)12-9-7-5-8-10-12/h3,5,7-10,13-14H,1,4,6,11H2,2H3. The van der Waals surface area contributed by atoms with Crippen molar-refractivity contribution in [3.63, 3.8) is 0 Å². The van der Waals surface area contributed by atoms with Crippen LogP contribution in [0.25, 0.3) is 0 Å². The van der Waals surface area contributed by atoms with Gasteiger partial charge in [-0.3, -0.25) is 0 Å². The van der Waals surface area contributed by atoms with Gasteiger partial charge in [-0.25, -0.2) is 0 Å². The van der Waals surface area contributed by atoms with Crippen molar-refractivity contribution in [2.45, 2.75) is 25.3 Å². The molecule has 0 spiro atoms. The molecule has 0 aliphatic carbocycles. The lowest BCUT2D eigenvalue weighted by molar-refractivity contribution is 0.530. The number of unbranched alkanes of at least 4 members (excludes halogenated alkanes) is 1. The lowest BCUT2D eigenvalue weighted by atomic mass is 10.0. The molecule has 0 heterocycles. The molecule has 0 aliphatic rings. The molecular formula is C13H19N. The van der Waals surface area contributed by atoms with Crippen LogP contribution in [0.15, 0.2) is 43.0 Å². The van der Waals surface area contributed by atoms with Crippen molar-refractivity contribution in [1.29, 1.82) is 0 Å². The van der Waals surface area contributed by atoms with Gasteiger partial charge in [0.25, 0.3) is 0 Å². The zero-order chi connectivity index (χ0) is 10.2. The number of allylic oxidation sites excluding steroid dienone is 1. The molecule has 0 bridgehead atoms. The van der Waals surface area contributed by atoms with Gasteiger partial charge < -0.3 is 5.32 Å². The summed E-state index contributed by atoms with van der Waals surface area (Å²) in [4.78, 5) is 0. The first-order valence-corrected chi connectivity index (χ1v) is 5.21. The molecule has 1 N–H and O–H groups in total. The third kappa shape index (κ3) is 3.35. The van der Waals surface area contributed by atoms with Crippen molar-refractivity contribution in [2.24, 2.45) is 0 Å². The molecule has 1 rings (SSSR count). The predicted octanol–water partition coefficient (Wildman–Crippen LogP) is 3.30. The van der Waals surface area contributed by atoms with E-state index in [2.05, 4.69) is 42.2 Å². The average molecular weight is 189 g/mol. The Balaban J connectivity index is 2.50. The van der Waals surface area contributed by atoms with Crippen LogP contribution >= 0.6 is 0 Å². The van der Waals surface area contributed by atoms with Crippen LogP contribution in [-0.2, 0) is 0 Å². The summed E-state index contributed by atoms with van der Waals surface area (Å²) in [6.45, 7) is 3.74. The number of hydrogen-bond acceptors (Lipinski definition) is 1. The molecule has 0 saturated carbocycles. The molecule has 1 atom stereocenters. The molecule has 1 unspecified atom stereocenters. The van der Waals surface area contributed by atoms with Gasteiger partial charge in [-0.15, -0.1) is 6.58 Å². The molecule has 0 fully saturated rings. The lowest BCUT2D eigenvalue weighted by Gasteiger charge is -2.15. The number of hydrogen-bond donors (Lipinski definition) is 1. The van der Waals surface area contributed by atoms with Gasteiger partial charge in [0, 0.05) is 6.04 Å². The first-order valence-electron chi connectivity index (χ1n) is 5.21. The van der Waals surface area contributed by atoms with E-state index < -0.39 is 0 Å². The van der Waals surface area contributed by atoms with Crippen LogP contribution in [-0.4, -0.2) is 7.05 Å². The average Bonchev–Trinajstić information content (AvgIpc) is 2.26. The van der Waals surface area contributed by atoms with Gasteiger partial charge in [0.15, 0.2) is 0 Å². The quantitative estimate of drug-likeness (QED) is 0.535. The van der Waals surface area contributed by atoms with Crippen molar-refractivity contribution in [2.75, 3.05) is 7.05 Å². The Kier molecular flexibility index (Phi) is 5.02. The fraction of sp³-hybridized carbons (Fsp3) is 0.385. The minimum Gasteiger partial charge on any atom is -0.313 e. The van der Waals surface area contributed by atoms with Crippen LogP contribution in [0.1, 0.15) is 30.9 Å². The molecule has 0 amide bonds. The summed E-state index contributed by atoms with van der Waals surface area (Å²) in [6.07, 6.45) is 5.46. The topological polar surface area (TPSA) is 12.0 Å². The highest BCUT2D eigenvalue weighted by molar-refractivity contribution is 5.18. The SMILES string of the molecule is C=CCCCC(NC)c1ccccc1.